The fourth-order valence-electron chi connectivity index (χ4n) is 3.39. The van der Waals surface area contributed by atoms with E-state index in [0.29, 0.717) is 13.1 Å². The Morgan fingerprint density at radius 3 is 2.54 bits per heavy atom. The highest BCUT2D eigenvalue weighted by atomic mass is 16.5. The van der Waals surface area contributed by atoms with Gasteiger partial charge in [-0.2, -0.15) is 0 Å². The topological polar surface area (TPSA) is 58.6 Å². The molecule has 0 radical (unpaired) electrons. The van der Waals surface area contributed by atoms with Gasteiger partial charge in [0.25, 0.3) is 5.91 Å². The molecular formula is C23H28N2O3. The number of carbonyl (C=O) groups is 2. The van der Waals surface area contributed by atoms with Gasteiger partial charge >= 0.3 is 0 Å². The van der Waals surface area contributed by atoms with Crippen LogP contribution >= 0.6 is 0 Å². The molecule has 2 aromatic carbocycles. The van der Waals surface area contributed by atoms with Gasteiger partial charge in [0.1, 0.15) is 6.61 Å². The van der Waals surface area contributed by atoms with E-state index in [-0.39, 0.29) is 18.4 Å². The molecule has 5 nitrogen and oxygen atoms in total. The summed E-state index contributed by atoms with van der Waals surface area (Å²) in [5.74, 6) is -0.278. The average Bonchev–Trinajstić information content (AvgIpc) is 2.72. The normalized spacial score (nSPS) is 19.1. The fraction of sp³-hybridized carbons (Fsp3) is 0.391. The van der Waals surface area contributed by atoms with E-state index in [4.69, 9.17) is 4.74 Å². The summed E-state index contributed by atoms with van der Waals surface area (Å²) < 4.78 is 5.73. The number of aryl methyl sites for hydroxylation is 1. The Balaban J connectivity index is 1.82. The van der Waals surface area contributed by atoms with E-state index in [2.05, 4.69) is 36.5 Å². The van der Waals surface area contributed by atoms with Gasteiger partial charge in [-0.05, 0) is 24.5 Å². The molecule has 0 saturated carbocycles. The van der Waals surface area contributed by atoms with Crippen LogP contribution in [0.1, 0.15) is 42.5 Å². The van der Waals surface area contributed by atoms with Gasteiger partial charge in [-0.25, -0.2) is 0 Å². The molecule has 0 unspecified atom stereocenters. The smallest absolute Gasteiger partial charge is 0.254 e. The lowest BCUT2D eigenvalue weighted by Gasteiger charge is -2.35. The number of nitrogens with zero attached hydrogens (tertiary/aromatic N) is 1. The summed E-state index contributed by atoms with van der Waals surface area (Å²) >= 11 is 0. The van der Waals surface area contributed by atoms with Crippen LogP contribution in [0.5, 0.6) is 0 Å². The highest BCUT2D eigenvalue weighted by molar-refractivity contribution is 5.86. The molecule has 0 bridgehead atoms. The molecule has 2 aromatic rings. The average molecular weight is 380 g/mol. The summed E-state index contributed by atoms with van der Waals surface area (Å²) in [6.07, 6.45) is 1.21. The van der Waals surface area contributed by atoms with Crippen molar-refractivity contribution < 1.29 is 14.3 Å². The van der Waals surface area contributed by atoms with Gasteiger partial charge in [-0.1, -0.05) is 73.5 Å². The molecule has 0 aliphatic carbocycles. The zero-order valence-corrected chi connectivity index (χ0v) is 16.6. The third-order valence-corrected chi connectivity index (χ3v) is 5.00. The second-order valence-corrected chi connectivity index (χ2v) is 7.29. The first kappa shape index (κ1) is 20.1. The number of hydrogen-bond acceptors (Lipinski definition) is 3. The summed E-state index contributed by atoms with van der Waals surface area (Å²) in [5, 5.41) is 2.93. The molecule has 148 valence electrons. The van der Waals surface area contributed by atoms with Gasteiger partial charge < -0.3 is 15.0 Å². The predicted molar refractivity (Wildman–Crippen MR) is 109 cm³/mol. The SMILES string of the molecule is CCCCN(Cc1ccc(C)cc1)C(=O)[C@H]1OCC(=O)N[C@@H]1c1ccccc1. The van der Waals surface area contributed by atoms with Crippen LogP contribution in [0.25, 0.3) is 0 Å². The Bertz CT molecular complexity index is 789. The Morgan fingerprint density at radius 2 is 1.86 bits per heavy atom. The number of nitrogens with one attached hydrogen (secondary N) is 1. The van der Waals surface area contributed by atoms with E-state index < -0.39 is 12.1 Å². The number of morpholine rings is 1. The van der Waals surface area contributed by atoms with Crippen molar-refractivity contribution in [2.45, 2.75) is 45.4 Å². The molecule has 1 saturated heterocycles. The van der Waals surface area contributed by atoms with Crippen molar-refractivity contribution in [3.05, 3.63) is 71.3 Å². The van der Waals surface area contributed by atoms with Gasteiger partial charge in [-0.15, -0.1) is 0 Å². The van der Waals surface area contributed by atoms with Crippen LogP contribution in [-0.2, 0) is 20.9 Å². The Hall–Kier alpha value is -2.66. The Kier molecular flexibility index (Phi) is 6.82. The van der Waals surface area contributed by atoms with E-state index in [1.165, 1.54) is 5.56 Å². The summed E-state index contributed by atoms with van der Waals surface area (Å²) in [5.41, 5.74) is 3.16. The first-order valence-corrected chi connectivity index (χ1v) is 9.88. The Labute approximate surface area is 166 Å². The van der Waals surface area contributed by atoms with Crippen LogP contribution in [0.15, 0.2) is 54.6 Å². The van der Waals surface area contributed by atoms with Crippen LogP contribution < -0.4 is 5.32 Å². The third kappa shape index (κ3) is 4.98. The van der Waals surface area contributed by atoms with E-state index >= 15 is 0 Å². The van der Waals surface area contributed by atoms with Crippen molar-refractivity contribution in [2.24, 2.45) is 0 Å². The van der Waals surface area contributed by atoms with Crippen molar-refractivity contribution in [1.82, 2.24) is 10.2 Å². The lowest BCUT2D eigenvalue weighted by Crippen LogP contribution is -2.53. The molecule has 5 heteroatoms. The fourth-order valence-corrected chi connectivity index (χ4v) is 3.39. The molecule has 2 amide bonds. The molecule has 1 heterocycles. The Morgan fingerprint density at radius 1 is 1.14 bits per heavy atom. The maximum absolute atomic E-state index is 13.4. The number of benzene rings is 2. The van der Waals surface area contributed by atoms with Crippen molar-refractivity contribution in [2.75, 3.05) is 13.2 Å². The van der Waals surface area contributed by atoms with Gasteiger partial charge in [0.05, 0.1) is 6.04 Å². The molecular weight excluding hydrogens is 352 g/mol. The zero-order chi connectivity index (χ0) is 19.9. The van der Waals surface area contributed by atoms with Gasteiger partial charge in [0, 0.05) is 13.1 Å². The predicted octanol–water partition coefficient (Wildman–Crippen LogP) is 3.38. The standard InChI is InChI=1S/C23H28N2O3/c1-3-4-14-25(15-18-12-10-17(2)11-13-18)23(27)22-21(24-20(26)16-28-22)19-8-6-5-7-9-19/h5-13,21-22H,3-4,14-16H2,1-2H3,(H,24,26)/t21-,22+/m1/s1. The highest BCUT2D eigenvalue weighted by Crippen LogP contribution is 2.25. The minimum atomic E-state index is -0.720. The third-order valence-electron chi connectivity index (χ3n) is 5.00. The molecule has 2 atom stereocenters. The summed E-state index contributed by atoms with van der Waals surface area (Å²) in [4.78, 5) is 27.2. The molecule has 3 rings (SSSR count). The van der Waals surface area contributed by atoms with Gasteiger partial charge in [0.15, 0.2) is 6.10 Å². The van der Waals surface area contributed by atoms with E-state index in [1.807, 2.05) is 42.2 Å². The number of carbonyl (C=O) groups excluding carboxylic acids is 2. The van der Waals surface area contributed by atoms with Crippen molar-refractivity contribution in [3.8, 4) is 0 Å². The molecule has 28 heavy (non-hydrogen) atoms. The van der Waals surface area contributed by atoms with Crippen LogP contribution in [0.3, 0.4) is 0 Å². The largest absolute Gasteiger partial charge is 0.356 e. The highest BCUT2D eigenvalue weighted by Gasteiger charge is 2.38. The second-order valence-electron chi connectivity index (χ2n) is 7.29. The lowest BCUT2D eigenvalue weighted by atomic mass is 9.98. The van der Waals surface area contributed by atoms with Crippen molar-refractivity contribution in [3.63, 3.8) is 0 Å². The summed E-state index contributed by atoms with van der Waals surface area (Å²) in [6, 6.07) is 17.3. The zero-order valence-electron chi connectivity index (χ0n) is 16.6. The lowest BCUT2D eigenvalue weighted by molar-refractivity contribution is -0.155. The molecule has 1 N–H and O–H groups in total. The number of rotatable bonds is 7. The first-order chi connectivity index (χ1) is 13.6. The van der Waals surface area contributed by atoms with Gasteiger partial charge in [-0.3, -0.25) is 9.59 Å². The number of ether oxygens (including phenoxy) is 1. The number of amides is 2. The van der Waals surface area contributed by atoms with Crippen LogP contribution in [0.4, 0.5) is 0 Å². The molecule has 1 aliphatic heterocycles. The van der Waals surface area contributed by atoms with Gasteiger partial charge in [0.2, 0.25) is 5.91 Å². The maximum Gasteiger partial charge on any atom is 0.254 e. The van der Waals surface area contributed by atoms with Crippen molar-refractivity contribution >= 4 is 11.8 Å². The monoisotopic (exact) mass is 380 g/mol. The first-order valence-electron chi connectivity index (χ1n) is 9.88. The summed E-state index contributed by atoms with van der Waals surface area (Å²) in [7, 11) is 0. The minimum absolute atomic E-state index is 0.0807. The summed E-state index contributed by atoms with van der Waals surface area (Å²) in [6.45, 7) is 5.27. The van der Waals surface area contributed by atoms with E-state index in [9.17, 15) is 9.59 Å². The quantitative estimate of drug-likeness (QED) is 0.801. The van der Waals surface area contributed by atoms with E-state index in [1.54, 1.807) is 0 Å². The molecule has 1 aliphatic rings. The molecule has 0 aromatic heterocycles. The molecule has 0 spiro atoms. The van der Waals surface area contributed by atoms with Crippen LogP contribution in [0, 0.1) is 6.92 Å². The second kappa shape index (κ2) is 9.51. The number of hydrogen-bond donors (Lipinski definition) is 1. The van der Waals surface area contributed by atoms with E-state index in [0.717, 1.165) is 24.0 Å². The van der Waals surface area contributed by atoms with Crippen LogP contribution in [-0.4, -0.2) is 36.0 Å². The maximum atomic E-state index is 13.4. The molecule has 1 fully saturated rings. The van der Waals surface area contributed by atoms with Crippen molar-refractivity contribution in [1.29, 1.82) is 0 Å². The van der Waals surface area contributed by atoms with Crippen LogP contribution in [0.2, 0.25) is 0 Å². The number of unbranched alkanes of at least 4 members (excludes halogenated alkanes) is 1. The minimum Gasteiger partial charge on any atom is -0.356 e.